The molecule has 0 fully saturated rings. The quantitative estimate of drug-likeness (QED) is 0.797. The highest BCUT2D eigenvalue weighted by Gasteiger charge is 2.11. The van der Waals surface area contributed by atoms with Crippen molar-refractivity contribution >= 4 is 34.6 Å². The fourth-order valence-electron chi connectivity index (χ4n) is 1.77. The van der Waals surface area contributed by atoms with Crippen LogP contribution in [0.4, 0.5) is 11.4 Å². The van der Waals surface area contributed by atoms with Crippen LogP contribution in [0.15, 0.2) is 42.5 Å². The average Bonchev–Trinajstić information content (AvgIpc) is 2.34. The van der Waals surface area contributed by atoms with Crippen LogP contribution in [0.5, 0.6) is 0 Å². The van der Waals surface area contributed by atoms with Gasteiger partial charge in [-0.25, -0.2) is 0 Å². The molecule has 2 aromatic carbocycles. The zero-order valence-corrected chi connectivity index (χ0v) is 11.5. The van der Waals surface area contributed by atoms with Crippen LogP contribution in [-0.4, -0.2) is 0 Å². The first kappa shape index (κ1) is 13.1. The third-order valence-electron chi connectivity index (χ3n) is 2.72. The molecule has 94 valence electrons. The standard InChI is InChI=1S/C14H14Cl2N2/c1-9(10-5-3-2-4-6-10)18-14-12(15)7-11(17)8-13(14)16/h2-9,18H,17H2,1H3. The summed E-state index contributed by atoms with van der Waals surface area (Å²) in [5, 5.41) is 4.36. The molecule has 0 aliphatic carbocycles. The van der Waals surface area contributed by atoms with Crippen molar-refractivity contribution in [3.63, 3.8) is 0 Å². The van der Waals surface area contributed by atoms with Gasteiger partial charge in [0, 0.05) is 11.7 Å². The van der Waals surface area contributed by atoms with E-state index in [-0.39, 0.29) is 6.04 Å². The molecule has 0 radical (unpaired) electrons. The van der Waals surface area contributed by atoms with Gasteiger partial charge in [0.25, 0.3) is 0 Å². The Kier molecular flexibility index (Phi) is 4.00. The van der Waals surface area contributed by atoms with Gasteiger partial charge in [0.2, 0.25) is 0 Å². The third kappa shape index (κ3) is 2.89. The molecule has 0 amide bonds. The predicted molar refractivity (Wildman–Crippen MR) is 79.4 cm³/mol. The summed E-state index contributed by atoms with van der Waals surface area (Å²) in [4.78, 5) is 0. The van der Waals surface area contributed by atoms with Crippen LogP contribution < -0.4 is 11.1 Å². The van der Waals surface area contributed by atoms with E-state index in [1.165, 1.54) is 5.56 Å². The minimum atomic E-state index is 0.116. The second-order valence-electron chi connectivity index (χ2n) is 4.14. The summed E-state index contributed by atoms with van der Waals surface area (Å²) in [6.07, 6.45) is 0. The summed E-state index contributed by atoms with van der Waals surface area (Å²) in [6, 6.07) is 13.6. The molecule has 1 atom stereocenters. The molecular weight excluding hydrogens is 267 g/mol. The van der Waals surface area contributed by atoms with E-state index in [9.17, 15) is 0 Å². The number of hydrogen-bond acceptors (Lipinski definition) is 2. The molecule has 2 rings (SSSR count). The van der Waals surface area contributed by atoms with Gasteiger partial charge in [-0.3, -0.25) is 0 Å². The minimum Gasteiger partial charge on any atom is -0.399 e. The maximum absolute atomic E-state index is 6.14. The first-order valence-corrected chi connectivity index (χ1v) is 6.39. The van der Waals surface area contributed by atoms with Crippen molar-refractivity contribution in [2.75, 3.05) is 11.1 Å². The highest BCUT2D eigenvalue weighted by atomic mass is 35.5. The lowest BCUT2D eigenvalue weighted by atomic mass is 10.1. The number of nitrogens with one attached hydrogen (secondary N) is 1. The monoisotopic (exact) mass is 280 g/mol. The molecular formula is C14H14Cl2N2. The number of hydrogen-bond donors (Lipinski definition) is 2. The van der Waals surface area contributed by atoms with Crippen LogP contribution in [0.2, 0.25) is 10.0 Å². The van der Waals surface area contributed by atoms with Gasteiger partial charge in [-0.2, -0.15) is 0 Å². The van der Waals surface area contributed by atoms with Crippen molar-refractivity contribution in [2.45, 2.75) is 13.0 Å². The number of nitrogen functional groups attached to an aromatic ring is 1. The van der Waals surface area contributed by atoms with Gasteiger partial charge in [-0.1, -0.05) is 53.5 Å². The molecule has 3 N–H and O–H groups in total. The van der Waals surface area contributed by atoms with Crippen LogP contribution in [0.25, 0.3) is 0 Å². The maximum Gasteiger partial charge on any atom is 0.0725 e. The molecule has 4 heteroatoms. The van der Waals surface area contributed by atoms with E-state index < -0.39 is 0 Å². The second kappa shape index (κ2) is 5.51. The summed E-state index contributed by atoms with van der Waals surface area (Å²) >= 11 is 12.3. The van der Waals surface area contributed by atoms with Gasteiger partial charge in [0.15, 0.2) is 0 Å². The number of rotatable bonds is 3. The van der Waals surface area contributed by atoms with Crippen LogP contribution in [0.1, 0.15) is 18.5 Å². The fourth-order valence-corrected chi connectivity index (χ4v) is 2.39. The topological polar surface area (TPSA) is 38.0 Å². The van der Waals surface area contributed by atoms with Crippen molar-refractivity contribution in [1.29, 1.82) is 0 Å². The van der Waals surface area contributed by atoms with Crippen LogP contribution in [0.3, 0.4) is 0 Å². The van der Waals surface area contributed by atoms with E-state index >= 15 is 0 Å². The summed E-state index contributed by atoms with van der Waals surface area (Å²) in [5.74, 6) is 0. The molecule has 0 aromatic heterocycles. The number of benzene rings is 2. The van der Waals surface area contributed by atoms with E-state index in [0.29, 0.717) is 21.4 Å². The van der Waals surface area contributed by atoms with E-state index in [0.717, 1.165) is 0 Å². The Hall–Kier alpha value is -1.38. The van der Waals surface area contributed by atoms with Gasteiger partial charge in [-0.15, -0.1) is 0 Å². The molecule has 0 aliphatic rings. The number of anilines is 2. The molecule has 18 heavy (non-hydrogen) atoms. The summed E-state index contributed by atoms with van der Waals surface area (Å²) in [5.41, 5.74) is 8.11. The van der Waals surface area contributed by atoms with Crippen molar-refractivity contribution in [3.8, 4) is 0 Å². The van der Waals surface area contributed by atoms with E-state index in [2.05, 4.69) is 24.4 Å². The minimum absolute atomic E-state index is 0.116. The Bertz CT molecular complexity index is 518. The summed E-state index contributed by atoms with van der Waals surface area (Å²) in [7, 11) is 0. The van der Waals surface area contributed by atoms with Crippen LogP contribution in [-0.2, 0) is 0 Å². The molecule has 0 saturated heterocycles. The molecule has 0 aliphatic heterocycles. The zero-order valence-electron chi connectivity index (χ0n) is 9.95. The van der Waals surface area contributed by atoms with Crippen molar-refractivity contribution in [2.24, 2.45) is 0 Å². The third-order valence-corrected chi connectivity index (χ3v) is 3.32. The van der Waals surface area contributed by atoms with Gasteiger partial charge < -0.3 is 11.1 Å². The first-order chi connectivity index (χ1) is 8.58. The highest BCUT2D eigenvalue weighted by Crippen LogP contribution is 2.35. The molecule has 2 aromatic rings. The van der Waals surface area contributed by atoms with Gasteiger partial charge >= 0.3 is 0 Å². The van der Waals surface area contributed by atoms with E-state index in [4.69, 9.17) is 28.9 Å². The lowest BCUT2D eigenvalue weighted by Crippen LogP contribution is -2.07. The SMILES string of the molecule is CC(Nc1c(Cl)cc(N)cc1Cl)c1ccccc1. The first-order valence-electron chi connectivity index (χ1n) is 5.64. The molecule has 0 heterocycles. The Labute approximate surface area is 117 Å². The Morgan fingerprint density at radius 1 is 1.06 bits per heavy atom. The predicted octanol–water partition coefficient (Wildman–Crippen LogP) is 4.75. The molecule has 0 spiro atoms. The lowest BCUT2D eigenvalue weighted by Gasteiger charge is -2.18. The maximum atomic E-state index is 6.14. The van der Waals surface area contributed by atoms with E-state index in [1.54, 1.807) is 12.1 Å². The fraction of sp³-hybridized carbons (Fsp3) is 0.143. The van der Waals surface area contributed by atoms with Crippen molar-refractivity contribution in [1.82, 2.24) is 0 Å². The van der Waals surface area contributed by atoms with Crippen molar-refractivity contribution in [3.05, 3.63) is 58.1 Å². The Morgan fingerprint density at radius 3 is 2.17 bits per heavy atom. The Morgan fingerprint density at radius 2 is 1.61 bits per heavy atom. The molecule has 0 saturated carbocycles. The average molecular weight is 281 g/mol. The summed E-state index contributed by atoms with van der Waals surface area (Å²) in [6.45, 7) is 2.05. The van der Waals surface area contributed by atoms with Gasteiger partial charge in [0.1, 0.15) is 0 Å². The second-order valence-corrected chi connectivity index (χ2v) is 4.95. The van der Waals surface area contributed by atoms with Crippen LogP contribution >= 0.6 is 23.2 Å². The van der Waals surface area contributed by atoms with Gasteiger partial charge in [0.05, 0.1) is 15.7 Å². The molecule has 1 unspecified atom stereocenters. The van der Waals surface area contributed by atoms with E-state index in [1.807, 2.05) is 18.2 Å². The molecule has 2 nitrogen and oxygen atoms in total. The van der Waals surface area contributed by atoms with Crippen molar-refractivity contribution < 1.29 is 0 Å². The lowest BCUT2D eigenvalue weighted by molar-refractivity contribution is 0.885. The Balaban J connectivity index is 2.25. The largest absolute Gasteiger partial charge is 0.399 e. The highest BCUT2D eigenvalue weighted by molar-refractivity contribution is 6.39. The zero-order chi connectivity index (χ0) is 13.1. The molecule has 0 bridgehead atoms. The summed E-state index contributed by atoms with van der Waals surface area (Å²) < 4.78 is 0. The van der Waals surface area contributed by atoms with Crippen LogP contribution in [0, 0.1) is 0 Å². The smallest absolute Gasteiger partial charge is 0.0725 e. The van der Waals surface area contributed by atoms with Gasteiger partial charge in [-0.05, 0) is 24.6 Å². The number of halogens is 2. The number of nitrogens with two attached hydrogens (primary N) is 1. The normalized spacial score (nSPS) is 12.2.